The number of aliphatic hydroxyl groups is 1. The number of amides is 1. The van der Waals surface area contributed by atoms with Crippen molar-refractivity contribution in [3.05, 3.63) is 83.3 Å². The lowest BCUT2D eigenvalue weighted by atomic mass is 10.1. The smallest absolute Gasteiger partial charge is 0.293 e. The molecular weight excluding hydrogens is 464 g/mol. The molecule has 0 radical (unpaired) electrons. The van der Waals surface area contributed by atoms with E-state index in [0.717, 1.165) is 5.56 Å². The Morgan fingerprint density at radius 2 is 1.79 bits per heavy atom. The van der Waals surface area contributed by atoms with E-state index in [0.29, 0.717) is 39.3 Å². The van der Waals surface area contributed by atoms with Gasteiger partial charge in [0.05, 0.1) is 12.7 Å². The van der Waals surface area contributed by atoms with Gasteiger partial charge in [0.15, 0.2) is 10.9 Å². The molecule has 0 atom stereocenters. The highest BCUT2D eigenvalue weighted by Crippen LogP contribution is 2.33. The summed E-state index contributed by atoms with van der Waals surface area (Å²) >= 11 is 11.2. The third-order valence-electron chi connectivity index (χ3n) is 4.73. The van der Waals surface area contributed by atoms with E-state index in [9.17, 15) is 9.90 Å². The number of methoxy groups -OCH3 is 1. The molecule has 1 amide bonds. The minimum Gasteiger partial charge on any atom is -0.496 e. The van der Waals surface area contributed by atoms with E-state index < -0.39 is 5.91 Å². The zero-order valence-electron chi connectivity index (χ0n) is 17.4. The average molecular weight is 483 g/mol. The van der Waals surface area contributed by atoms with E-state index >= 15 is 0 Å². The second-order valence-corrected chi connectivity index (χ2v) is 7.76. The summed E-state index contributed by atoms with van der Waals surface area (Å²) in [6.07, 6.45) is 0. The number of hydrogen-bond acceptors (Lipinski definition) is 6. The van der Waals surface area contributed by atoms with Crippen LogP contribution in [0.2, 0.25) is 5.02 Å². The van der Waals surface area contributed by atoms with Crippen molar-refractivity contribution in [2.45, 2.75) is 6.61 Å². The summed E-state index contributed by atoms with van der Waals surface area (Å²) in [6, 6.07) is 19.1. The number of benzene rings is 2. The van der Waals surface area contributed by atoms with Crippen LogP contribution < -0.4 is 15.4 Å². The average Bonchev–Trinajstić information content (AvgIpc) is 3.49. The van der Waals surface area contributed by atoms with Crippen LogP contribution in [0.25, 0.3) is 22.6 Å². The van der Waals surface area contributed by atoms with E-state index in [1.54, 1.807) is 66.7 Å². The Balaban J connectivity index is 1.42. The molecule has 0 aliphatic rings. The summed E-state index contributed by atoms with van der Waals surface area (Å²) in [4.78, 5) is 12.5. The van der Waals surface area contributed by atoms with Gasteiger partial charge in [-0.1, -0.05) is 11.6 Å². The predicted octanol–water partition coefficient (Wildman–Crippen LogP) is 5.49. The van der Waals surface area contributed by atoms with Crippen molar-refractivity contribution >= 4 is 40.5 Å². The molecule has 0 spiro atoms. The summed E-state index contributed by atoms with van der Waals surface area (Å²) in [5, 5.41) is 15.4. The van der Waals surface area contributed by atoms with Gasteiger partial charge in [0.1, 0.15) is 29.6 Å². The number of nitrogens with one attached hydrogen (secondary N) is 2. The largest absolute Gasteiger partial charge is 0.496 e. The van der Waals surface area contributed by atoms with Gasteiger partial charge >= 0.3 is 0 Å². The first-order valence-electron chi connectivity index (χ1n) is 9.83. The van der Waals surface area contributed by atoms with Crippen molar-refractivity contribution in [3.63, 3.8) is 0 Å². The number of hydrogen-bond donors (Lipinski definition) is 3. The number of rotatable bonds is 6. The van der Waals surface area contributed by atoms with Crippen LogP contribution in [0.5, 0.6) is 5.75 Å². The lowest BCUT2D eigenvalue weighted by molar-refractivity contribution is 0.0951. The van der Waals surface area contributed by atoms with E-state index in [2.05, 4.69) is 10.6 Å². The number of ether oxygens (including phenoxy) is 1. The molecule has 0 bridgehead atoms. The molecule has 168 valence electrons. The van der Waals surface area contributed by atoms with Gasteiger partial charge in [-0.25, -0.2) is 0 Å². The number of carbonyl (C=O) groups excluding carboxylic acids is 1. The Morgan fingerprint density at radius 1 is 1.03 bits per heavy atom. The van der Waals surface area contributed by atoms with Gasteiger partial charge < -0.3 is 24.0 Å². The number of anilines is 1. The quantitative estimate of drug-likeness (QED) is 0.313. The van der Waals surface area contributed by atoms with Crippen LogP contribution in [-0.4, -0.2) is 23.2 Å². The van der Waals surface area contributed by atoms with E-state index in [-0.39, 0.29) is 17.5 Å². The predicted molar refractivity (Wildman–Crippen MR) is 129 cm³/mol. The zero-order chi connectivity index (χ0) is 23.4. The number of thiocarbonyl (C=S) groups is 1. The Hall–Kier alpha value is -3.59. The van der Waals surface area contributed by atoms with Crippen molar-refractivity contribution in [2.24, 2.45) is 0 Å². The highest BCUT2D eigenvalue weighted by molar-refractivity contribution is 7.80. The first kappa shape index (κ1) is 22.6. The number of carbonyl (C=O) groups is 1. The van der Waals surface area contributed by atoms with Crippen LogP contribution in [0, 0.1) is 0 Å². The molecule has 2 aromatic heterocycles. The van der Waals surface area contributed by atoms with Crippen molar-refractivity contribution in [2.75, 3.05) is 12.4 Å². The normalized spacial score (nSPS) is 10.6. The summed E-state index contributed by atoms with van der Waals surface area (Å²) in [7, 11) is 1.54. The van der Waals surface area contributed by atoms with Gasteiger partial charge in [-0.3, -0.25) is 10.1 Å². The van der Waals surface area contributed by atoms with Gasteiger partial charge in [-0.2, -0.15) is 0 Å². The van der Waals surface area contributed by atoms with Gasteiger partial charge in [-0.15, -0.1) is 0 Å². The molecule has 3 N–H and O–H groups in total. The van der Waals surface area contributed by atoms with Crippen LogP contribution in [0.1, 0.15) is 16.3 Å². The standard InChI is InChI=1S/C24H19ClN2O5S/c1-30-22-12-16(6-8-18(22)20-9-7-17(13-28)31-20)26-24(33)27-23(29)21-11-10-19(32-21)14-2-4-15(25)5-3-14/h2-12,28H,13H2,1H3,(H2,26,27,29,33). The van der Waals surface area contributed by atoms with Gasteiger partial charge in [-0.05, 0) is 72.9 Å². The minimum atomic E-state index is -0.483. The Kier molecular flexibility index (Phi) is 6.79. The van der Waals surface area contributed by atoms with Crippen molar-refractivity contribution < 1.29 is 23.5 Å². The highest BCUT2D eigenvalue weighted by atomic mass is 35.5. The monoisotopic (exact) mass is 482 g/mol. The Bertz CT molecular complexity index is 1300. The first-order chi connectivity index (χ1) is 16.0. The molecule has 7 nitrogen and oxygen atoms in total. The molecule has 0 saturated heterocycles. The van der Waals surface area contributed by atoms with E-state index in [1.807, 2.05) is 0 Å². The van der Waals surface area contributed by atoms with E-state index in [1.165, 1.54) is 7.11 Å². The lowest BCUT2D eigenvalue weighted by Gasteiger charge is -2.12. The van der Waals surface area contributed by atoms with Gasteiger partial charge in [0.25, 0.3) is 5.91 Å². The molecule has 0 fully saturated rings. The number of halogens is 1. The molecule has 4 rings (SSSR count). The third kappa shape index (κ3) is 5.25. The SMILES string of the molecule is COc1cc(NC(=S)NC(=O)c2ccc(-c3ccc(Cl)cc3)o2)ccc1-c1ccc(CO)o1. The third-order valence-corrected chi connectivity index (χ3v) is 5.18. The van der Waals surface area contributed by atoms with Crippen LogP contribution in [0.15, 0.2) is 75.6 Å². The molecule has 4 aromatic rings. The summed E-state index contributed by atoms with van der Waals surface area (Å²) in [6.45, 7) is -0.188. The minimum absolute atomic E-state index is 0.0970. The molecule has 0 aliphatic carbocycles. The summed E-state index contributed by atoms with van der Waals surface area (Å²) < 4.78 is 16.7. The lowest BCUT2D eigenvalue weighted by Crippen LogP contribution is -2.33. The molecule has 0 saturated carbocycles. The second kappa shape index (κ2) is 9.91. The Labute approximate surface area is 199 Å². The van der Waals surface area contributed by atoms with Crippen molar-refractivity contribution in [1.82, 2.24) is 5.32 Å². The number of furan rings is 2. The molecule has 0 aliphatic heterocycles. The maximum atomic E-state index is 12.5. The van der Waals surface area contributed by atoms with Crippen LogP contribution in [-0.2, 0) is 6.61 Å². The summed E-state index contributed by atoms with van der Waals surface area (Å²) in [5.41, 5.74) is 2.12. The van der Waals surface area contributed by atoms with Crippen LogP contribution in [0.4, 0.5) is 5.69 Å². The first-order valence-corrected chi connectivity index (χ1v) is 10.6. The topological polar surface area (TPSA) is 96.9 Å². The molecular formula is C24H19ClN2O5S. The molecule has 9 heteroatoms. The molecule has 2 heterocycles. The van der Waals surface area contributed by atoms with Crippen molar-refractivity contribution in [3.8, 4) is 28.4 Å². The fraction of sp³-hybridized carbons (Fsp3) is 0.0833. The fourth-order valence-electron chi connectivity index (χ4n) is 3.14. The van der Waals surface area contributed by atoms with E-state index in [4.69, 9.17) is 37.4 Å². The Morgan fingerprint density at radius 3 is 2.48 bits per heavy atom. The zero-order valence-corrected chi connectivity index (χ0v) is 19.0. The fourth-order valence-corrected chi connectivity index (χ4v) is 3.47. The summed E-state index contributed by atoms with van der Waals surface area (Å²) in [5.74, 6) is 1.73. The molecule has 0 unspecified atom stereocenters. The van der Waals surface area contributed by atoms with Gasteiger partial charge in [0, 0.05) is 22.3 Å². The van der Waals surface area contributed by atoms with Crippen molar-refractivity contribution in [1.29, 1.82) is 0 Å². The van der Waals surface area contributed by atoms with Gasteiger partial charge in [0.2, 0.25) is 0 Å². The molecule has 2 aromatic carbocycles. The van der Waals surface area contributed by atoms with Crippen LogP contribution >= 0.6 is 23.8 Å². The van der Waals surface area contributed by atoms with Crippen LogP contribution in [0.3, 0.4) is 0 Å². The highest BCUT2D eigenvalue weighted by Gasteiger charge is 2.15. The maximum absolute atomic E-state index is 12.5. The molecule has 33 heavy (non-hydrogen) atoms. The maximum Gasteiger partial charge on any atom is 0.293 e. The second-order valence-electron chi connectivity index (χ2n) is 6.92. The number of aliphatic hydroxyl groups excluding tert-OH is 1.